The fraction of sp³-hybridized carbons (Fsp3) is 0.250. The molecule has 0 bridgehead atoms. The van der Waals surface area contributed by atoms with Crippen molar-refractivity contribution in [2.24, 2.45) is 10.2 Å². The van der Waals surface area contributed by atoms with Gasteiger partial charge in [-0.25, -0.2) is 10.4 Å². The lowest BCUT2D eigenvalue weighted by Gasteiger charge is -2.33. The number of hydrogen-bond acceptors (Lipinski definition) is 9. The number of fused-ring (bicyclic) bond motifs is 1. The summed E-state index contributed by atoms with van der Waals surface area (Å²) in [4.78, 5) is 21.6. The summed E-state index contributed by atoms with van der Waals surface area (Å²) in [6.07, 6.45) is 1.59. The van der Waals surface area contributed by atoms with Gasteiger partial charge in [0, 0.05) is 49.5 Å². The maximum Gasteiger partial charge on any atom is 0.236 e. The number of hydrazone groups is 2. The van der Waals surface area contributed by atoms with Crippen molar-refractivity contribution in [1.82, 2.24) is 5.43 Å². The van der Waals surface area contributed by atoms with Gasteiger partial charge >= 0.3 is 0 Å². The van der Waals surface area contributed by atoms with Gasteiger partial charge in [-0.05, 0) is 48.4 Å². The molecule has 10 nitrogen and oxygen atoms in total. The molecule has 42 heavy (non-hydrogen) atoms. The van der Waals surface area contributed by atoms with E-state index in [0.29, 0.717) is 5.75 Å². The number of rotatable bonds is 6. The minimum Gasteiger partial charge on any atom is -0.497 e. The largest absolute Gasteiger partial charge is 0.497 e. The molecule has 0 aliphatic carbocycles. The number of ether oxygens (including phenoxy) is 2. The van der Waals surface area contributed by atoms with Crippen molar-refractivity contribution in [1.29, 1.82) is 0 Å². The minimum absolute atomic E-state index is 0.237. The van der Waals surface area contributed by atoms with E-state index in [1.807, 2.05) is 42.1 Å². The highest BCUT2D eigenvalue weighted by Crippen LogP contribution is 2.37. The lowest BCUT2D eigenvalue weighted by Crippen LogP contribution is -2.36. The molecule has 0 saturated carbocycles. The minimum atomic E-state index is -0.237. The third kappa shape index (κ3) is 7.28. The third-order valence-corrected chi connectivity index (χ3v) is 6.62. The average Bonchev–Trinajstić information content (AvgIpc) is 3.04. The monoisotopic (exact) mass is 571 g/mol. The summed E-state index contributed by atoms with van der Waals surface area (Å²) < 4.78 is 11.1. The van der Waals surface area contributed by atoms with Crippen LogP contribution in [0.1, 0.15) is 34.7 Å². The van der Waals surface area contributed by atoms with E-state index in [1.165, 1.54) is 6.92 Å². The predicted molar refractivity (Wildman–Crippen MR) is 167 cm³/mol. The molecular formula is C32H37N5O5. The first-order chi connectivity index (χ1) is 20.4. The van der Waals surface area contributed by atoms with Crippen molar-refractivity contribution in [2.45, 2.75) is 13.8 Å². The van der Waals surface area contributed by atoms with E-state index in [9.17, 15) is 4.79 Å². The number of methoxy groups -OCH3 is 1. The van der Waals surface area contributed by atoms with Crippen LogP contribution in [0.25, 0.3) is 5.70 Å². The van der Waals surface area contributed by atoms with Crippen LogP contribution in [0.3, 0.4) is 0 Å². The molecular weight excluding hydrogens is 534 g/mol. The van der Waals surface area contributed by atoms with E-state index in [4.69, 9.17) is 24.5 Å². The van der Waals surface area contributed by atoms with Crippen molar-refractivity contribution in [3.63, 3.8) is 0 Å². The summed E-state index contributed by atoms with van der Waals surface area (Å²) in [7, 11) is 2.62. The summed E-state index contributed by atoms with van der Waals surface area (Å²) in [5.41, 5.74) is 10.9. The normalized spacial score (nSPS) is 14.1. The molecule has 2 aliphatic heterocycles. The molecule has 0 unspecified atom stereocenters. The zero-order chi connectivity index (χ0) is 30.6. The van der Waals surface area contributed by atoms with Crippen LogP contribution in [-0.4, -0.2) is 70.3 Å². The van der Waals surface area contributed by atoms with Gasteiger partial charge in [-0.1, -0.05) is 36.9 Å². The molecule has 2 heterocycles. The van der Waals surface area contributed by atoms with E-state index in [0.717, 1.165) is 84.0 Å². The fourth-order valence-corrected chi connectivity index (χ4v) is 4.68. The van der Waals surface area contributed by atoms with Crippen LogP contribution in [-0.2, 0) is 14.3 Å². The van der Waals surface area contributed by atoms with Gasteiger partial charge in [-0.2, -0.15) is 10.2 Å². The summed E-state index contributed by atoms with van der Waals surface area (Å²) in [6.45, 7) is 13.1. The van der Waals surface area contributed by atoms with Gasteiger partial charge in [0.15, 0.2) is 0 Å². The zero-order valence-electron chi connectivity index (χ0n) is 24.5. The summed E-state index contributed by atoms with van der Waals surface area (Å²) in [6, 6.07) is 20.4. The molecule has 5 rings (SSSR count). The second-order valence-electron chi connectivity index (χ2n) is 9.24. The predicted octanol–water partition coefficient (Wildman–Crippen LogP) is 3.98. The topological polar surface area (TPSA) is 116 Å². The Morgan fingerprint density at radius 3 is 2.43 bits per heavy atom. The standard InChI is InChI=1S/C30H31N5O3.CH4O.CH2O/c1-20-9-10-25(34-11-13-38-14-12-34)18-29(20)35-21(2)27-7-5-6-8-28(27)30(33-35)24-15-23(16-26(17-24)37-4)19-31-32-22(3)36;2*1-2/h5-10,15-19H,2,11-14H2,1,3-4H3,(H,32,36);2H,1H3;1H2/b31-19+;;. The number of aliphatic hydroxyl groups excluding tert-OH is 1. The molecule has 1 fully saturated rings. The lowest BCUT2D eigenvalue weighted by molar-refractivity contribution is -0.118. The molecule has 0 spiro atoms. The number of carbonyl (C=O) groups excluding carboxylic acids is 2. The van der Waals surface area contributed by atoms with E-state index in [2.05, 4.69) is 59.3 Å². The van der Waals surface area contributed by atoms with Crippen LogP contribution in [0.15, 0.2) is 77.4 Å². The summed E-state index contributed by atoms with van der Waals surface area (Å²) in [5, 5.41) is 18.1. The lowest BCUT2D eigenvalue weighted by atomic mass is 9.93. The highest BCUT2D eigenvalue weighted by atomic mass is 16.5. The van der Waals surface area contributed by atoms with Crippen LogP contribution >= 0.6 is 0 Å². The Hall–Kier alpha value is -4.80. The van der Waals surface area contributed by atoms with Crippen molar-refractivity contribution >= 4 is 41.7 Å². The molecule has 10 heteroatoms. The molecule has 0 radical (unpaired) electrons. The second-order valence-corrected chi connectivity index (χ2v) is 9.24. The molecule has 2 N–H and O–H groups in total. The number of morpholine rings is 1. The van der Waals surface area contributed by atoms with Crippen LogP contribution < -0.4 is 20.1 Å². The highest BCUT2D eigenvalue weighted by Gasteiger charge is 2.26. The van der Waals surface area contributed by atoms with E-state index in [1.54, 1.807) is 13.3 Å². The summed E-state index contributed by atoms with van der Waals surface area (Å²) in [5.74, 6) is 0.423. The first-order valence-corrected chi connectivity index (χ1v) is 13.3. The molecule has 2 aliphatic rings. The van der Waals surface area contributed by atoms with Gasteiger partial charge in [-0.3, -0.25) is 4.79 Å². The van der Waals surface area contributed by atoms with Crippen LogP contribution in [0.2, 0.25) is 0 Å². The quantitative estimate of drug-likeness (QED) is 0.340. The van der Waals surface area contributed by atoms with Gasteiger partial charge in [0.2, 0.25) is 5.91 Å². The molecule has 3 aromatic carbocycles. The van der Waals surface area contributed by atoms with Crippen molar-refractivity contribution in [3.8, 4) is 5.75 Å². The van der Waals surface area contributed by atoms with Crippen molar-refractivity contribution < 1.29 is 24.2 Å². The highest BCUT2D eigenvalue weighted by molar-refractivity contribution is 6.18. The Labute approximate surface area is 246 Å². The van der Waals surface area contributed by atoms with Gasteiger partial charge in [0.05, 0.1) is 43.6 Å². The maximum atomic E-state index is 11.3. The fourth-order valence-electron chi connectivity index (χ4n) is 4.68. The Bertz CT molecular complexity index is 1460. The Morgan fingerprint density at radius 2 is 1.76 bits per heavy atom. The van der Waals surface area contributed by atoms with E-state index < -0.39 is 0 Å². The Kier molecular flexibility index (Phi) is 11.5. The van der Waals surface area contributed by atoms with Gasteiger partial charge in [0.1, 0.15) is 12.5 Å². The summed E-state index contributed by atoms with van der Waals surface area (Å²) >= 11 is 0. The van der Waals surface area contributed by atoms with Crippen LogP contribution in [0.4, 0.5) is 11.4 Å². The molecule has 1 saturated heterocycles. The van der Waals surface area contributed by atoms with Gasteiger partial charge in [-0.15, -0.1) is 0 Å². The molecule has 3 aromatic rings. The van der Waals surface area contributed by atoms with Crippen molar-refractivity contribution in [3.05, 3.63) is 95.1 Å². The maximum absolute atomic E-state index is 11.3. The smallest absolute Gasteiger partial charge is 0.236 e. The SMILES string of the molecule is C=C1c2ccccc2C(c2cc(/C=N/NC(C)=O)cc(OC)c2)=NN1c1cc(N2CCOCC2)ccc1C.C=O.CO. The average molecular weight is 572 g/mol. The number of benzene rings is 3. The Balaban J connectivity index is 0.00000116. The number of hydrogen-bond donors (Lipinski definition) is 2. The molecule has 1 amide bonds. The first-order valence-electron chi connectivity index (χ1n) is 13.3. The number of aryl methyl sites for hydroxylation is 1. The van der Waals surface area contributed by atoms with Gasteiger partial charge < -0.3 is 24.3 Å². The van der Waals surface area contributed by atoms with Crippen LogP contribution in [0, 0.1) is 6.92 Å². The van der Waals surface area contributed by atoms with E-state index >= 15 is 0 Å². The van der Waals surface area contributed by atoms with Crippen LogP contribution in [0.5, 0.6) is 5.75 Å². The second kappa shape index (κ2) is 15.3. The Morgan fingerprint density at radius 1 is 1.07 bits per heavy atom. The first kappa shape index (κ1) is 31.7. The molecule has 0 atom stereocenters. The van der Waals surface area contributed by atoms with E-state index in [-0.39, 0.29) is 5.91 Å². The number of aliphatic hydroxyl groups is 1. The zero-order valence-corrected chi connectivity index (χ0v) is 24.5. The number of nitrogens with one attached hydrogen (secondary N) is 1. The molecule has 0 aromatic heterocycles. The number of anilines is 2. The third-order valence-electron chi connectivity index (χ3n) is 6.62. The number of carbonyl (C=O) groups is 2. The van der Waals surface area contributed by atoms with Crippen molar-refractivity contribution in [2.75, 3.05) is 50.4 Å². The van der Waals surface area contributed by atoms with Gasteiger partial charge in [0.25, 0.3) is 0 Å². The number of nitrogens with zero attached hydrogens (tertiary/aromatic N) is 4. The number of amides is 1. The molecule has 220 valence electrons.